The number of nitrogens with zero attached hydrogens (tertiary/aromatic N) is 4. The number of piperazine rings is 1. The number of carbonyl (C=O) groups excluding carboxylic acids is 1. The van der Waals surface area contributed by atoms with Crippen LogP contribution in [0.4, 0.5) is 0 Å². The van der Waals surface area contributed by atoms with Gasteiger partial charge in [0.2, 0.25) is 11.8 Å². The molecule has 0 bridgehead atoms. The zero-order valence-corrected chi connectivity index (χ0v) is 18.4. The molecule has 0 unspecified atom stereocenters. The number of amides is 1. The van der Waals surface area contributed by atoms with E-state index in [1.807, 2.05) is 35.2 Å². The van der Waals surface area contributed by atoms with Crippen molar-refractivity contribution in [2.45, 2.75) is 11.6 Å². The van der Waals surface area contributed by atoms with E-state index in [-0.39, 0.29) is 5.91 Å². The topological polar surface area (TPSA) is 71.7 Å². The van der Waals surface area contributed by atoms with E-state index in [0.717, 1.165) is 50.5 Å². The second kappa shape index (κ2) is 10.5. The monoisotopic (exact) mass is 438 g/mol. The second-order valence-electron chi connectivity index (χ2n) is 7.35. The number of carbonyl (C=O) groups is 1. The van der Waals surface area contributed by atoms with Gasteiger partial charge in [0.25, 0.3) is 5.22 Å². The Bertz CT molecular complexity index is 970. The minimum absolute atomic E-state index is 0.108. The predicted molar refractivity (Wildman–Crippen MR) is 120 cm³/mol. The third-order valence-electron chi connectivity index (χ3n) is 5.35. The van der Waals surface area contributed by atoms with Gasteiger partial charge in [-0.05, 0) is 36.2 Å². The third-order valence-corrected chi connectivity index (χ3v) is 6.15. The van der Waals surface area contributed by atoms with E-state index in [1.165, 1.54) is 17.3 Å². The van der Waals surface area contributed by atoms with Crippen molar-refractivity contribution >= 4 is 17.7 Å². The van der Waals surface area contributed by atoms with Crippen molar-refractivity contribution in [2.75, 3.05) is 45.6 Å². The van der Waals surface area contributed by atoms with E-state index in [9.17, 15) is 4.79 Å². The van der Waals surface area contributed by atoms with Crippen LogP contribution in [0, 0.1) is 0 Å². The molecule has 4 rings (SSSR count). The van der Waals surface area contributed by atoms with E-state index in [4.69, 9.17) is 9.15 Å². The number of rotatable bonds is 8. The highest BCUT2D eigenvalue weighted by Gasteiger charge is 2.21. The molecular weight excluding hydrogens is 412 g/mol. The molecule has 1 aliphatic rings. The van der Waals surface area contributed by atoms with Gasteiger partial charge in [0.1, 0.15) is 5.75 Å². The molecule has 0 spiro atoms. The smallest absolute Gasteiger partial charge is 0.277 e. The molecule has 1 fully saturated rings. The van der Waals surface area contributed by atoms with E-state index >= 15 is 0 Å². The van der Waals surface area contributed by atoms with E-state index in [1.54, 1.807) is 7.11 Å². The minimum atomic E-state index is 0.108. The number of hydrogen-bond acceptors (Lipinski definition) is 7. The number of ether oxygens (including phenoxy) is 1. The summed E-state index contributed by atoms with van der Waals surface area (Å²) in [5, 5.41) is 8.53. The first-order valence-corrected chi connectivity index (χ1v) is 11.3. The van der Waals surface area contributed by atoms with Gasteiger partial charge in [-0.2, -0.15) is 0 Å². The molecule has 0 saturated carbocycles. The van der Waals surface area contributed by atoms with Crippen molar-refractivity contribution in [3.63, 3.8) is 0 Å². The molecule has 1 amide bonds. The molecule has 2 heterocycles. The van der Waals surface area contributed by atoms with Crippen molar-refractivity contribution in [1.82, 2.24) is 20.0 Å². The summed E-state index contributed by atoms with van der Waals surface area (Å²) in [6.45, 7) is 4.36. The van der Waals surface area contributed by atoms with Gasteiger partial charge in [0, 0.05) is 38.3 Å². The lowest BCUT2D eigenvalue weighted by Gasteiger charge is -2.34. The van der Waals surface area contributed by atoms with Gasteiger partial charge in [-0.25, -0.2) is 0 Å². The van der Waals surface area contributed by atoms with Crippen LogP contribution in [-0.4, -0.2) is 71.5 Å². The fourth-order valence-electron chi connectivity index (χ4n) is 3.49. The van der Waals surface area contributed by atoms with Gasteiger partial charge in [-0.1, -0.05) is 42.1 Å². The van der Waals surface area contributed by atoms with Crippen molar-refractivity contribution in [1.29, 1.82) is 0 Å². The van der Waals surface area contributed by atoms with Gasteiger partial charge in [-0.15, -0.1) is 10.2 Å². The maximum Gasteiger partial charge on any atom is 0.277 e. The summed E-state index contributed by atoms with van der Waals surface area (Å²) in [7, 11) is 1.62. The molecule has 31 heavy (non-hydrogen) atoms. The molecule has 0 N–H and O–H groups in total. The van der Waals surface area contributed by atoms with Gasteiger partial charge in [0.15, 0.2) is 0 Å². The average molecular weight is 439 g/mol. The van der Waals surface area contributed by atoms with Crippen molar-refractivity contribution < 1.29 is 13.9 Å². The van der Waals surface area contributed by atoms with Crippen molar-refractivity contribution in [3.05, 3.63) is 60.2 Å². The maximum absolute atomic E-state index is 12.6. The van der Waals surface area contributed by atoms with Crippen LogP contribution < -0.4 is 4.74 Å². The number of benzene rings is 2. The SMILES string of the molecule is COc1ccc(-c2nnc(SCC(=O)N3CCN(CCc4ccccc4)CC3)o2)cc1. The molecule has 162 valence electrons. The molecule has 2 aromatic carbocycles. The normalized spacial score (nSPS) is 14.5. The molecule has 8 heteroatoms. The van der Waals surface area contributed by atoms with Crippen LogP contribution in [0.1, 0.15) is 5.56 Å². The van der Waals surface area contributed by atoms with Gasteiger partial charge < -0.3 is 14.1 Å². The molecule has 1 aliphatic heterocycles. The highest BCUT2D eigenvalue weighted by molar-refractivity contribution is 7.99. The van der Waals surface area contributed by atoms with Crippen molar-refractivity contribution in [3.8, 4) is 17.2 Å². The summed E-state index contributed by atoms with van der Waals surface area (Å²) >= 11 is 1.28. The van der Waals surface area contributed by atoms with Crippen LogP contribution in [0.5, 0.6) is 5.75 Å². The molecular formula is C23H26N4O3S. The van der Waals surface area contributed by atoms with Crippen LogP contribution in [0.15, 0.2) is 64.2 Å². The standard InChI is InChI=1S/C23H26N4O3S/c1-29-20-9-7-19(8-10-20)22-24-25-23(30-22)31-17-21(28)27-15-13-26(14-16-27)12-11-18-5-3-2-4-6-18/h2-10H,11-17H2,1H3. The summed E-state index contributed by atoms with van der Waals surface area (Å²) < 4.78 is 10.9. The van der Waals surface area contributed by atoms with E-state index < -0.39 is 0 Å². The summed E-state index contributed by atoms with van der Waals surface area (Å²) in [5.41, 5.74) is 2.17. The Morgan fingerprint density at radius 1 is 1.03 bits per heavy atom. The average Bonchev–Trinajstić information content (AvgIpc) is 3.31. The third kappa shape index (κ3) is 5.86. The number of aromatic nitrogens is 2. The van der Waals surface area contributed by atoms with Crippen molar-refractivity contribution in [2.24, 2.45) is 0 Å². The Morgan fingerprint density at radius 3 is 2.48 bits per heavy atom. The molecule has 1 aromatic heterocycles. The van der Waals surface area contributed by atoms with Gasteiger partial charge >= 0.3 is 0 Å². The Kier molecular flexibility index (Phi) is 7.22. The summed E-state index contributed by atoms with van der Waals surface area (Å²) in [4.78, 5) is 16.9. The zero-order chi connectivity index (χ0) is 21.5. The second-order valence-corrected chi connectivity index (χ2v) is 8.27. The van der Waals surface area contributed by atoms with Crippen LogP contribution >= 0.6 is 11.8 Å². The lowest BCUT2D eigenvalue weighted by Crippen LogP contribution is -2.49. The lowest BCUT2D eigenvalue weighted by atomic mass is 10.1. The number of hydrogen-bond donors (Lipinski definition) is 0. The Hall–Kier alpha value is -2.84. The molecule has 1 saturated heterocycles. The van der Waals surface area contributed by atoms with E-state index in [2.05, 4.69) is 39.4 Å². The first-order chi connectivity index (χ1) is 15.2. The molecule has 3 aromatic rings. The van der Waals surface area contributed by atoms with E-state index in [0.29, 0.717) is 16.9 Å². The number of methoxy groups -OCH3 is 1. The summed E-state index contributed by atoms with van der Waals surface area (Å²) in [6.07, 6.45) is 1.04. The van der Waals surface area contributed by atoms with Crippen LogP contribution in [0.3, 0.4) is 0 Å². The summed E-state index contributed by atoms with van der Waals surface area (Å²) in [5.74, 6) is 1.61. The van der Waals surface area contributed by atoms with Crippen LogP contribution in [0.25, 0.3) is 11.5 Å². The van der Waals surface area contributed by atoms with Crippen LogP contribution in [-0.2, 0) is 11.2 Å². The lowest BCUT2D eigenvalue weighted by molar-refractivity contribution is -0.130. The Labute approximate surface area is 186 Å². The molecule has 0 atom stereocenters. The Morgan fingerprint density at radius 2 is 1.77 bits per heavy atom. The molecule has 0 aliphatic carbocycles. The Balaban J connectivity index is 1.20. The zero-order valence-electron chi connectivity index (χ0n) is 17.6. The molecule has 7 nitrogen and oxygen atoms in total. The summed E-state index contributed by atoms with van der Waals surface area (Å²) in [6, 6.07) is 17.9. The highest BCUT2D eigenvalue weighted by Crippen LogP contribution is 2.25. The van der Waals surface area contributed by atoms with Crippen LogP contribution in [0.2, 0.25) is 0 Å². The maximum atomic E-state index is 12.6. The van der Waals surface area contributed by atoms with Gasteiger partial charge in [0.05, 0.1) is 12.9 Å². The molecule has 0 radical (unpaired) electrons. The predicted octanol–water partition coefficient (Wildman–Crippen LogP) is 3.22. The van der Waals surface area contributed by atoms with Gasteiger partial charge in [-0.3, -0.25) is 9.69 Å². The minimum Gasteiger partial charge on any atom is -0.497 e. The first-order valence-electron chi connectivity index (χ1n) is 10.4. The fraction of sp³-hybridized carbons (Fsp3) is 0.348. The fourth-order valence-corrected chi connectivity index (χ4v) is 4.15. The number of thioether (sulfide) groups is 1. The largest absolute Gasteiger partial charge is 0.497 e. The quantitative estimate of drug-likeness (QED) is 0.500. The highest BCUT2D eigenvalue weighted by atomic mass is 32.2. The first kappa shape index (κ1) is 21.4.